The third-order valence-electron chi connectivity index (χ3n) is 4.49. The van der Waals surface area contributed by atoms with Crippen molar-refractivity contribution in [3.05, 3.63) is 35.4 Å². The zero-order valence-corrected chi connectivity index (χ0v) is 13.6. The van der Waals surface area contributed by atoms with Crippen LogP contribution in [-0.2, 0) is 4.79 Å². The summed E-state index contributed by atoms with van der Waals surface area (Å²) < 4.78 is 0. The average Bonchev–Trinajstić information content (AvgIpc) is 3.11. The Bertz CT molecular complexity index is 499. The van der Waals surface area contributed by atoms with Crippen LogP contribution in [0.25, 0.3) is 0 Å². The number of benzene rings is 1. The molecule has 0 N–H and O–H groups in total. The zero-order valence-electron chi connectivity index (χ0n) is 12.8. The molecule has 0 saturated carbocycles. The van der Waals surface area contributed by atoms with Crippen molar-refractivity contribution in [1.29, 1.82) is 0 Å². The number of hydrogen-bond donors (Lipinski definition) is 0. The highest BCUT2D eigenvalue weighted by Crippen LogP contribution is 2.39. The molecule has 0 spiro atoms. The molecular weight excluding hydrogens is 280 g/mol. The van der Waals surface area contributed by atoms with E-state index in [1.54, 1.807) is 11.8 Å². The zero-order chi connectivity index (χ0) is 14.7. The minimum Gasteiger partial charge on any atom is -0.326 e. The van der Waals surface area contributed by atoms with Crippen LogP contribution >= 0.6 is 11.8 Å². The van der Waals surface area contributed by atoms with Gasteiger partial charge in [-0.25, -0.2) is 0 Å². The van der Waals surface area contributed by atoms with E-state index in [4.69, 9.17) is 0 Å². The van der Waals surface area contributed by atoms with Crippen molar-refractivity contribution in [2.24, 2.45) is 0 Å². The van der Waals surface area contributed by atoms with Gasteiger partial charge in [-0.2, -0.15) is 0 Å². The van der Waals surface area contributed by atoms with E-state index in [0.717, 1.165) is 19.5 Å². The Morgan fingerprint density at radius 2 is 1.95 bits per heavy atom. The van der Waals surface area contributed by atoms with Crippen molar-refractivity contribution in [3.63, 3.8) is 0 Å². The number of rotatable bonds is 5. The molecule has 2 saturated heterocycles. The van der Waals surface area contributed by atoms with Crippen LogP contribution < -0.4 is 0 Å². The number of carbonyl (C=O) groups excluding carboxylic acids is 1. The summed E-state index contributed by atoms with van der Waals surface area (Å²) >= 11 is 1.77. The van der Waals surface area contributed by atoms with Crippen LogP contribution in [0.15, 0.2) is 24.3 Å². The number of hydrogen-bond acceptors (Lipinski definition) is 3. The van der Waals surface area contributed by atoms with E-state index in [1.807, 2.05) is 0 Å². The SMILES string of the molecule is Cc1ccccc1C1SCC(=O)N1CCCN1CCCC1. The Morgan fingerprint density at radius 3 is 2.71 bits per heavy atom. The molecule has 114 valence electrons. The monoisotopic (exact) mass is 304 g/mol. The number of thioether (sulfide) groups is 1. The largest absolute Gasteiger partial charge is 0.326 e. The van der Waals surface area contributed by atoms with E-state index < -0.39 is 0 Å². The summed E-state index contributed by atoms with van der Waals surface area (Å²) in [5, 5.41) is 0.220. The molecule has 2 heterocycles. The number of amides is 1. The molecule has 2 aliphatic heterocycles. The third-order valence-corrected chi connectivity index (χ3v) is 5.73. The summed E-state index contributed by atoms with van der Waals surface area (Å²) in [5.74, 6) is 0.928. The van der Waals surface area contributed by atoms with Crippen LogP contribution in [-0.4, -0.2) is 47.6 Å². The minimum atomic E-state index is 0.220. The van der Waals surface area contributed by atoms with Crippen molar-refractivity contribution in [1.82, 2.24) is 9.80 Å². The standard InChI is InChI=1S/C17H24N2OS/c1-14-7-2-3-8-15(14)17-19(16(20)13-21-17)12-6-11-18-9-4-5-10-18/h2-3,7-8,17H,4-6,9-13H2,1H3. The summed E-state index contributed by atoms with van der Waals surface area (Å²) in [7, 11) is 0. The van der Waals surface area contributed by atoms with E-state index in [9.17, 15) is 4.79 Å². The first-order chi connectivity index (χ1) is 10.3. The Hall–Kier alpha value is -1.00. The van der Waals surface area contributed by atoms with Crippen molar-refractivity contribution >= 4 is 17.7 Å². The Labute approximate surface area is 131 Å². The molecule has 0 aliphatic carbocycles. The van der Waals surface area contributed by atoms with E-state index in [0.29, 0.717) is 11.7 Å². The lowest BCUT2D eigenvalue weighted by Crippen LogP contribution is -2.32. The first kappa shape index (κ1) is 14.9. The maximum atomic E-state index is 12.2. The van der Waals surface area contributed by atoms with Crippen molar-refractivity contribution in [3.8, 4) is 0 Å². The van der Waals surface area contributed by atoms with Gasteiger partial charge < -0.3 is 9.80 Å². The average molecular weight is 304 g/mol. The summed E-state index contributed by atoms with van der Waals surface area (Å²) in [6.45, 7) is 6.64. The van der Waals surface area contributed by atoms with Crippen LogP contribution in [0, 0.1) is 6.92 Å². The summed E-state index contributed by atoms with van der Waals surface area (Å²) in [6.07, 6.45) is 3.77. The van der Waals surface area contributed by atoms with Gasteiger partial charge in [0, 0.05) is 6.54 Å². The first-order valence-corrected chi connectivity index (χ1v) is 8.99. The van der Waals surface area contributed by atoms with Crippen LogP contribution in [0.5, 0.6) is 0 Å². The molecule has 2 aliphatic rings. The Morgan fingerprint density at radius 1 is 1.19 bits per heavy atom. The van der Waals surface area contributed by atoms with Gasteiger partial charge in [0.1, 0.15) is 5.37 Å². The number of nitrogens with zero attached hydrogens (tertiary/aromatic N) is 2. The van der Waals surface area contributed by atoms with Gasteiger partial charge in [-0.1, -0.05) is 24.3 Å². The maximum Gasteiger partial charge on any atom is 0.233 e. The smallest absolute Gasteiger partial charge is 0.233 e. The lowest BCUT2D eigenvalue weighted by molar-refractivity contribution is -0.128. The van der Waals surface area contributed by atoms with Gasteiger partial charge >= 0.3 is 0 Å². The van der Waals surface area contributed by atoms with Crippen LogP contribution in [0.4, 0.5) is 0 Å². The lowest BCUT2D eigenvalue weighted by Gasteiger charge is -2.26. The van der Waals surface area contributed by atoms with Crippen molar-refractivity contribution in [2.45, 2.75) is 31.6 Å². The predicted molar refractivity (Wildman–Crippen MR) is 88.4 cm³/mol. The second-order valence-electron chi connectivity index (χ2n) is 6.01. The third kappa shape index (κ3) is 3.43. The highest BCUT2D eigenvalue weighted by molar-refractivity contribution is 8.00. The van der Waals surface area contributed by atoms with Gasteiger partial charge in [0.25, 0.3) is 0 Å². The minimum absolute atomic E-state index is 0.220. The molecule has 1 aromatic carbocycles. The van der Waals surface area contributed by atoms with Crippen LogP contribution in [0.3, 0.4) is 0 Å². The molecule has 1 atom stereocenters. The van der Waals surface area contributed by atoms with Crippen LogP contribution in [0.1, 0.15) is 35.8 Å². The Balaban J connectivity index is 1.61. The van der Waals surface area contributed by atoms with Crippen molar-refractivity contribution in [2.75, 3.05) is 31.9 Å². The van der Waals surface area contributed by atoms with Gasteiger partial charge in [-0.3, -0.25) is 4.79 Å². The fourth-order valence-corrected chi connectivity index (χ4v) is 4.60. The van der Waals surface area contributed by atoms with E-state index in [-0.39, 0.29) is 5.37 Å². The molecular formula is C17H24N2OS. The summed E-state index contributed by atoms with van der Waals surface area (Å²) in [4.78, 5) is 16.8. The molecule has 1 aromatic rings. The summed E-state index contributed by atoms with van der Waals surface area (Å²) in [6, 6.07) is 8.45. The van der Waals surface area contributed by atoms with E-state index in [1.165, 1.54) is 37.1 Å². The molecule has 1 unspecified atom stereocenters. The molecule has 21 heavy (non-hydrogen) atoms. The second kappa shape index (κ2) is 6.84. The van der Waals surface area contributed by atoms with E-state index >= 15 is 0 Å². The molecule has 0 radical (unpaired) electrons. The van der Waals surface area contributed by atoms with Gasteiger partial charge in [0.2, 0.25) is 5.91 Å². The van der Waals surface area contributed by atoms with Gasteiger partial charge in [-0.05, 0) is 56.9 Å². The van der Waals surface area contributed by atoms with Crippen molar-refractivity contribution < 1.29 is 4.79 Å². The van der Waals surface area contributed by atoms with Gasteiger partial charge in [0.15, 0.2) is 0 Å². The van der Waals surface area contributed by atoms with Gasteiger partial charge in [-0.15, -0.1) is 11.8 Å². The fourth-order valence-electron chi connectivity index (χ4n) is 3.29. The molecule has 1 amide bonds. The lowest BCUT2D eigenvalue weighted by atomic mass is 10.1. The maximum absolute atomic E-state index is 12.2. The molecule has 0 bridgehead atoms. The second-order valence-corrected chi connectivity index (χ2v) is 7.08. The number of carbonyl (C=O) groups is 1. The van der Waals surface area contributed by atoms with Gasteiger partial charge in [0.05, 0.1) is 5.75 Å². The predicted octanol–water partition coefficient (Wildman–Crippen LogP) is 3.05. The molecule has 3 nitrogen and oxygen atoms in total. The Kier molecular flexibility index (Phi) is 4.86. The summed E-state index contributed by atoms with van der Waals surface area (Å²) in [5.41, 5.74) is 2.59. The quantitative estimate of drug-likeness (QED) is 0.835. The normalized spacial score (nSPS) is 23.2. The molecule has 3 rings (SSSR count). The van der Waals surface area contributed by atoms with Crippen LogP contribution in [0.2, 0.25) is 0 Å². The highest BCUT2D eigenvalue weighted by atomic mass is 32.2. The highest BCUT2D eigenvalue weighted by Gasteiger charge is 2.33. The molecule has 2 fully saturated rings. The number of aryl methyl sites for hydroxylation is 1. The van der Waals surface area contributed by atoms with E-state index in [2.05, 4.69) is 41.0 Å². The molecule has 4 heteroatoms. The topological polar surface area (TPSA) is 23.6 Å². The fraction of sp³-hybridized carbons (Fsp3) is 0.588. The first-order valence-electron chi connectivity index (χ1n) is 7.94. The molecule has 0 aromatic heterocycles. The number of likely N-dealkylation sites (tertiary alicyclic amines) is 1.